The Balaban J connectivity index is 1.89. The molecule has 0 aliphatic rings. The number of benzene rings is 3. The van der Waals surface area contributed by atoms with Crippen LogP contribution in [0.3, 0.4) is 0 Å². The molecular weight excluding hydrogens is 380 g/mol. The molecule has 0 fully saturated rings. The summed E-state index contributed by atoms with van der Waals surface area (Å²) in [6.45, 7) is 8.35. The van der Waals surface area contributed by atoms with Crippen LogP contribution in [0.1, 0.15) is 46.5 Å². The maximum Gasteiger partial charge on any atom is 0.256 e. The third kappa shape index (κ3) is 4.09. The average molecular weight is 409 g/mol. The monoisotopic (exact) mass is 408 g/mol. The Labute approximate surface area is 184 Å². The Kier molecular flexibility index (Phi) is 5.85. The molecule has 0 radical (unpaired) electrons. The van der Waals surface area contributed by atoms with Gasteiger partial charge in [-0.05, 0) is 55.5 Å². The number of aryl methyl sites for hydroxylation is 4. The second-order valence-electron chi connectivity index (χ2n) is 8.01. The minimum atomic E-state index is -0.0924. The van der Waals surface area contributed by atoms with Gasteiger partial charge in [-0.15, -0.1) is 0 Å². The van der Waals surface area contributed by atoms with Crippen molar-refractivity contribution in [3.05, 3.63) is 94.5 Å². The van der Waals surface area contributed by atoms with E-state index >= 15 is 0 Å². The topological polar surface area (TPSA) is 42.0 Å². The maximum atomic E-state index is 13.6. The SMILES string of the molecule is CCc1cccc(CC)c1NC(=O)c1cc(-c2ccccc2)nc2c(C)cc(C)cc12. The number of fused-ring (bicyclic) bond motifs is 1. The van der Waals surface area contributed by atoms with Crippen LogP contribution in [0.2, 0.25) is 0 Å². The van der Waals surface area contributed by atoms with E-state index in [2.05, 4.69) is 63.3 Å². The zero-order valence-corrected chi connectivity index (χ0v) is 18.6. The molecule has 0 spiro atoms. The Bertz CT molecular complexity index is 1240. The van der Waals surface area contributed by atoms with Crippen molar-refractivity contribution in [2.45, 2.75) is 40.5 Å². The first-order valence-electron chi connectivity index (χ1n) is 10.9. The molecule has 0 unspecified atom stereocenters. The predicted octanol–water partition coefficient (Wildman–Crippen LogP) is 6.90. The third-order valence-electron chi connectivity index (χ3n) is 5.80. The van der Waals surface area contributed by atoms with Crippen LogP contribution >= 0.6 is 0 Å². The van der Waals surface area contributed by atoms with Crippen molar-refractivity contribution in [2.75, 3.05) is 5.32 Å². The van der Waals surface area contributed by atoms with Crippen LogP contribution in [-0.2, 0) is 12.8 Å². The zero-order valence-electron chi connectivity index (χ0n) is 18.6. The molecule has 4 aromatic rings. The van der Waals surface area contributed by atoms with Gasteiger partial charge < -0.3 is 5.32 Å². The Hall–Kier alpha value is -3.46. The van der Waals surface area contributed by atoms with E-state index in [1.54, 1.807) is 0 Å². The maximum absolute atomic E-state index is 13.6. The molecule has 3 heteroatoms. The van der Waals surface area contributed by atoms with E-state index in [-0.39, 0.29) is 5.91 Å². The molecule has 1 amide bonds. The van der Waals surface area contributed by atoms with Gasteiger partial charge in [-0.25, -0.2) is 4.98 Å². The normalized spacial score (nSPS) is 11.0. The lowest BCUT2D eigenvalue weighted by Gasteiger charge is -2.16. The summed E-state index contributed by atoms with van der Waals surface area (Å²) < 4.78 is 0. The van der Waals surface area contributed by atoms with Crippen LogP contribution in [0.25, 0.3) is 22.2 Å². The molecule has 1 heterocycles. The van der Waals surface area contributed by atoms with Crippen molar-refractivity contribution in [1.82, 2.24) is 4.98 Å². The summed E-state index contributed by atoms with van der Waals surface area (Å²) >= 11 is 0. The van der Waals surface area contributed by atoms with Crippen LogP contribution in [0, 0.1) is 13.8 Å². The summed E-state index contributed by atoms with van der Waals surface area (Å²) in [7, 11) is 0. The molecule has 0 bridgehead atoms. The fraction of sp³-hybridized carbons (Fsp3) is 0.214. The van der Waals surface area contributed by atoms with Gasteiger partial charge in [0.05, 0.1) is 16.8 Å². The van der Waals surface area contributed by atoms with E-state index in [0.29, 0.717) is 5.56 Å². The van der Waals surface area contributed by atoms with Crippen molar-refractivity contribution in [2.24, 2.45) is 0 Å². The first kappa shape index (κ1) is 20.8. The fourth-order valence-electron chi connectivity index (χ4n) is 4.21. The number of anilines is 1. The fourth-order valence-corrected chi connectivity index (χ4v) is 4.21. The van der Waals surface area contributed by atoms with Crippen molar-refractivity contribution in [1.29, 1.82) is 0 Å². The zero-order chi connectivity index (χ0) is 22.0. The van der Waals surface area contributed by atoms with Crippen LogP contribution in [0.5, 0.6) is 0 Å². The predicted molar refractivity (Wildman–Crippen MR) is 130 cm³/mol. The Morgan fingerprint density at radius 1 is 0.871 bits per heavy atom. The number of carbonyl (C=O) groups excluding carboxylic acids is 1. The molecule has 31 heavy (non-hydrogen) atoms. The van der Waals surface area contributed by atoms with Crippen molar-refractivity contribution >= 4 is 22.5 Å². The molecule has 156 valence electrons. The van der Waals surface area contributed by atoms with Gasteiger partial charge in [0.1, 0.15) is 0 Å². The molecule has 0 aliphatic carbocycles. The first-order valence-corrected chi connectivity index (χ1v) is 10.9. The minimum absolute atomic E-state index is 0.0924. The Morgan fingerprint density at radius 2 is 1.55 bits per heavy atom. The lowest BCUT2D eigenvalue weighted by molar-refractivity contribution is 0.102. The van der Waals surface area contributed by atoms with E-state index in [9.17, 15) is 4.79 Å². The molecule has 3 aromatic carbocycles. The lowest BCUT2D eigenvalue weighted by atomic mass is 9.98. The largest absolute Gasteiger partial charge is 0.321 e. The molecule has 0 saturated heterocycles. The van der Waals surface area contributed by atoms with Gasteiger partial charge in [0.25, 0.3) is 5.91 Å². The molecule has 0 saturated carbocycles. The summed E-state index contributed by atoms with van der Waals surface area (Å²) in [4.78, 5) is 18.6. The summed E-state index contributed by atoms with van der Waals surface area (Å²) in [5.41, 5.74) is 8.78. The second-order valence-corrected chi connectivity index (χ2v) is 8.01. The van der Waals surface area contributed by atoms with Gasteiger partial charge in [0.15, 0.2) is 0 Å². The minimum Gasteiger partial charge on any atom is -0.321 e. The summed E-state index contributed by atoms with van der Waals surface area (Å²) in [5, 5.41) is 4.13. The smallest absolute Gasteiger partial charge is 0.256 e. The summed E-state index contributed by atoms with van der Waals surface area (Å²) in [6, 6.07) is 22.4. The third-order valence-corrected chi connectivity index (χ3v) is 5.80. The van der Waals surface area contributed by atoms with Gasteiger partial charge in [0.2, 0.25) is 0 Å². The average Bonchev–Trinajstić information content (AvgIpc) is 2.79. The van der Waals surface area contributed by atoms with E-state index in [1.807, 2.05) is 36.4 Å². The van der Waals surface area contributed by atoms with Gasteiger partial charge in [-0.1, -0.05) is 74.0 Å². The van der Waals surface area contributed by atoms with Crippen LogP contribution in [-0.4, -0.2) is 10.9 Å². The molecule has 1 aromatic heterocycles. The number of nitrogens with zero attached hydrogens (tertiary/aromatic N) is 1. The standard InChI is InChI=1S/C28H28N2O/c1-5-20-13-10-14-21(6-2)27(20)30-28(31)24-17-25(22-11-8-7-9-12-22)29-26-19(4)15-18(3)16-23(24)26/h7-17H,5-6H2,1-4H3,(H,30,31). The number of nitrogens with one attached hydrogen (secondary N) is 1. The molecular formula is C28H28N2O. The molecule has 0 atom stereocenters. The number of rotatable bonds is 5. The first-order chi connectivity index (χ1) is 15.0. The molecule has 1 N–H and O–H groups in total. The number of aromatic nitrogens is 1. The molecule has 0 aliphatic heterocycles. The van der Waals surface area contributed by atoms with Crippen molar-refractivity contribution in [3.8, 4) is 11.3 Å². The molecule has 4 rings (SSSR count). The Morgan fingerprint density at radius 3 is 2.19 bits per heavy atom. The number of para-hydroxylation sites is 1. The van der Waals surface area contributed by atoms with Crippen LogP contribution in [0.15, 0.2) is 66.7 Å². The highest BCUT2D eigenvalue weighted by Crippen LogP contribution is 2.30. The van der Waals surface area contributed by atoms with E-state index < -0.39 is 0 Å². The highest BCUT2D eigenvalue weighted by atomic mass is 16.1. The van der Waals surface area contributed by atoms with Gasteiger partial charge in [-0.2, -0.15) is 0 Å². The highest BCUT2D eigenvalue weighted by Gasteiger charge is 2.18. The number of hydrogen-bond acceptors (Lipinski definition) is 2. The summed E-state index contributed by atoms with van der Waals surface area (Å²) in [6.07, 6.45) is 1.74. The summed E-state index contributed by atoms with van der Waals surface area (Å²) in [5.74, 6) is -0.0924. The second kappa shape index (κ2) is 8.73. The number of carbonyl (C=O) groups is 1. The van der Waals surface area contributed by atoms with Crippen LogP contribution < -0.4 is 5.32 Å². The van der Waals surface area contributed by atoms with Gasteiger partial charge >= 0.3 is 0 Å². The van der Waals surface area contributed by atoms with Crippen LogP contribution in [0.4, 0.5) is 5.69 Å². The van der Waals surface area contributed by atoms with Crippen molar-refractivity contribution in [3.63, 3.8) is 0 Å². The number of pyridine rings is 1. The van der Waals surface area contributed by atoms with E-state index in [1.165, 1.54) is 0 Å². The van der Waals surface area contributed by atoms with E-state index in [0.717, 1.165) is 62.9 Å². The van der Waals surface area contributed by atoms with Gasteiger partial charge in [-0.3, -0.25) is 4.79 Å². The molecule has 3 nitrogen and oxygen atoms in total. The number of hydrogen-bond donors (Lipinski definition) is 1. The lowest BCUT2D eigenvalue weighted by Crippen LogP contribution is -2.16. The van der Waals surface area contributed by atoms with E-state index in [4.69, 9.17) is 4.98 Å². The van der Waals surface area contributed by atoms with Gasteiger partial charge in [0, 0.05) is 16.6 Å². The quantitative estimate of drug-likeness (QED) is 0.390. The number of amides is 1. The van der Waals surface area contributed by atoms with Crippen molar-refractivity contribution < 1.29 is 4.79 Å². The highest BCUT2D eigenvalue weighted by molar-refractivity contribution is 6.14.